The molecular formula is C19H21ClN6O3. The summed E-state index contributed by atoms with van der Waals surface area (Å²) in [6.07, 6.45) is 5.06. The molecule has 1 aliphatic rings. The number of benzene rings is 1. The van der Waals surface area contributed by atoms with Crippen molar-refractivity contribution in [1.29, 1.82) is 0 Å². The number of aromatic nitrogens is 3. The van der Waals surface area contributed by atoms with Gasteiger partial charge in [-0.1, -0.05) is 5.21 Å². The lowest BCUT2D eigenvalue weighted by atomic mass is 10.1. The number of anilines is 2. The normalized spacial score (nSPS) is 14.1. The Morgan fingerprint density at radius 3 is 2.31 bits per heavy atom. The highest BCUT2D eigenvalue weighted by atomic mass is 35.5. The van der Waals surface area contributed by atoms with Gasteiger partial charge in [-0.2, -0.15) is 0 Å². The van der Waals surface area contributed by atoms with Crippen molar-refractivity contribution in [3.05, 3.63) is 60.3 Å². The van der Waals surface area contributed by atoms with Gasteiger partial charge in [0.15, 0.2) is 11.5 Å². The van der Waals surface area contributed by atoms with Crippen molar-refractivity contribution < 1.29 is 14.0 Å². The molecule has 4 rings (SSSR count). The van der Waals surface area contributed by atoms with E-state index in [1.807, 2.05) is 0 Å². The quantitative estimate of drug-likeness (QED) is 0.589. The second-order valence-corrected chi connectivity index (χ2v) is 6.53. The standard InChI is InChI=1S/C19H20N6O3.ClH/c26-18(16-12-25(24-23-16)15-7-9-20-10-8-15)21-13-3-5-14(6-4-13)22-19(27)17-2-1-11-28-17;/h1-6,11-12,15,20H,7-10H2,(H,21,26)(H,22,27);1H. The minimum absolute atomic E-state index is 0. The topological polar surface area (TPSA) is 114 Å². The van der Waals surface area contributed by atoms with Gasteiger partial charge in [0, 0.05) is 11.4 Å². The average Bonchev–Trinajstić information content (AvgIpc) is 3.42. The molecule has 3 aromatic rings. The zero-order chi connectivity index (χ0) is 19.3. The molecule has 3 heterocycles. The minimum Gasteiger partial charge on any atom is -0.459 e. The lowest BCUT2D eigenvalue weighted by Crippen LogP contribution is -2.29. The maximum absolute atomic E-state index is 12.4. The van der Waals surface area contributed by atoms with Gasteiger partial charge in [0.25, 0.3) is 11.8 Å². The Labute approximate surface area is 173 Å². The van der Waals surface area contributed by atoms with Crippen LogP contribution in [0.4, 0.5) is 11.4 Å². The van der Waals surface area contributed by atoms with E-state index in [0.717, 1.165) is 25.9 Å². The molecule has 0 atom stereocenters. The first-order valence-electron chi connectivity index (χ1n) is 9.08. The molecule has 0 saturated carbocycles. The van der Waals surface area contributed by atoms with Crippen molar-refractivity contribution in [2.24, 2.45) is 0 Å². The van der Waals surface area contributed by atoms with Crippen LogP contribution in [0.15, 0.2) is 53.3 Å². The number of piperidine rings is 1. The van der Waals surface area contributed by atoms with Crippen LogP contribution >= 0.6 is 12.4 Å². The molecular weight excluding hydrogens is 396 g/mol. The first kappa shape index (κ1) is 20.6. The average molecular weight is 417 g/mol. The number of hydrogen-bond acceptors (Lipinski definition) is 6. The number of amides is 2. The molecule has 29 heavy (non-hydrogen) atoms. The van der Waals surface area contributed by atoms with Crippen LogP contribution in [0.2, 0.25) is 0 Å². The monoisotopic (exact) mass is 416 g/mol. The Morgan fingerprint density at radius 2 is 1.69 bits per heavy atom. The maximum Gasteiger partial charge on any atom is 0.291 e. The minimum atomic E-state index is -0.337. The molecule has 2 aromatic heterocycles. The molecule has 0 radical (unpaired) electrons. The number of nitrogens with zero attached hydrogens (tertiary/aromatic N) is 3. The summed E-state index contributed by atoms with van der Waals surface area (Å²) in [6, 6.07) is 10.3. The Bertz CT molecular complexity index is 949. The molecule has 0 unspecified atom stereocenters. The fourth-order valence-electron chi connectivity index (χ4n) is 3.06. The smallest absolute Gasteiger partial charge is 0.291 e. The Balaban J connectivity index is 0.00000240. The van der Waals surface area contributed by atoms with E-state index in [-0.39, 0.29) is 41.7 Å². The second kappa shape index (κ2) is 9.35. The molecule has 10 heteroatoms. The van der Waals surface area contributed by atoms with E-state index in [0.29, 0.717) is 11.4 Å². The van der Waals surface area contributed by atoms with Gasteiger partial charge < -0.3 is 20.4 Å². The van der Waals surface area contributed by atoms with Crippen LogP contribution in [-0.2, 0) is 0 Å². The van der Waals surface area contributed by atoms with E-state index in [1.165, 1.54) is 6.26 Å². The van der Waals surface area contributed by atoms with Crippen molar-refractivity contribution in [3.8, 4) is 0 Å². The Morgan fingerprint density at radius 1 is 1.03 bits per heavy atom. The molecule has 0 spiro atoms. The fraction of sp³-hybridized carbons (Fsp3) is 0.263. The van der Waals surface area contributed by atoms with Gasteiger partial charge in [-0.05, 0) is 62.3 Å². The SMILES string of the molecule is Cl.O=C(Nc1ccc(NC(=O)c2ccco2)cc1)c1cn(C2CCNCC2)nn1. The van der Waals surface area contributed by atoms with Crippen LogP contribution < -0.4 is 16.0 Å². The molecule has 0 aliphatic carbocycles. The van der Waals surface area contributed by atoms with Crippen molar-refractivity contribution in [3.63, 3.8) is 0 Å². The molecule has 9 nitrogen and oxygen atoms in total. The summed E-state index contributed by atoms with van der Waals surface area (Å²) in [5, 5.41) is 16.9. The lowest BCUT2D eigenvalue weighted by Gasteiger charge is -2.22. The summed E-state index contributed by atoms with van der Waals surface area (Å²) in [5.41, 5.74) is 1.46. The highest BCUT2D eigenvalue weighted by Crippen LogP contribution is 2.18. The van der Waals surface area contributed by atoms with Gasteiger partial charge in [0.2, 0.25) is 0 Å². The van der Waals surface area contributed by atoms with Crippen molar-refractivity contribution in [2.45, 2.75) is 18.9 Å². The molecule has 1 aromatic carbocycles. The summed E-state index contributed by atoms with van der Waals surface area (Å²) in [7, 11) is 0. The zero-order valence-electron chi connectivity index (χ0n) is 15.5. The lowest BCUT2D eigenvalue weighted by molar-refractivity contribution is 0.0994. The number of furan rings is 1. The van der Waals surface area contributed by atoms with Gasteiger partial charge in [-0.25, -0.2) is 4.68 Å². The largest absolute Gasteiger partial charge is 0.459 e. The molecule has 152 valence electrons. The third-order valence-electron chi connectivity index (χ3n) is 4.57. The van der Waals surface area contributed by atoms with Gasteiger partial charge in [0.1, 0.15) is 0 Å². The third kappa shape index (κ3) is 5.01. The highest BCUT2D eigenvalue weighted by Gasteiger charge is 2.19. The van der Waals surface area contributed by atoms with Crippen LogP contribution in [0.25, 0.3) is 0 Å². The number of nitrogens with one attached hydrogen (secondary N) is 3. The molecule has 1 fully saturated rings. The van der Waals surface area contributed by atoms with E-state index in [2.05, 4.69) is 26.3 Å². The fourth-order valence-corrected chi connectivity index (χ4v) is 3.06. The Hall–Kier alpha value is -3.17. The molecule has 2 amide bonds. The van der Waals surface area contributed by atoms with Crippen molar-refractivity contribution in [1.82, 2.24) is 20.3 Å². The summed E-state index contributed by atoms with van der Waals surface area (Å²) < 4.78 is 6.82. The zero-order valence-corrected chi connectivity index (χ0v) is 16.3. The van der Waals surface area contributed by atoms with E-state index >= 15 is 0 Å². The molecule has 1 aliphatic heterocycles. The molecule has 0 bridgehead atoms. The van der Waals surface area contributed by atoms with Gasteiger partial charge in [-0.15, -0.1) is 17.5 Å². The van der Waals surface area contributed by atoms with E-state index in [9.17, 15) is 9.59 Å². The summed E-state index contributed by atoms with van der Waals surface area (Å²) in [5.74, 6) is -0.432. The number of rotatable bonds is 5. The van der Waals surface area contributed by atoms with Gasteiger partial charge >= 0.3 is 0 Å². The first-order valence-corrected chi connectivity index (χ1v) is 9.08. The molecule has 1 saturated heterocycles. The van der Waals surface area contributed by atoms with Crippen LogP contribution in [0.5, 0.6) is 0 Å². The summed E-state index contributed by atoms with van der Waals surface area (Å²) >= 11 is 0. The van der Waals surface area contributed by atoms with Crippen LogP contribution in [0.1, 0.15) is 39.9 Å². The summed E-state index contributed by atoms with van der Waals surface area (Å²) in [4.78, 5) is 24.4. The maximum atomic E-state index is 12.4. The Kier molecular flexibility index (Phi) is 6.63. The van der Waals surface area contributed by atoms with E-state index in [1.54, 1.807) is 47.3 Å². The molecule has 3 N–H and O–H groups in total. The van der Waals surface area contributed by atoms with Crippen molar-refractivity contribution >= 4 is 35.6 Å². The van der Waals surface area contributed by atoms with E-state index in [4.69, 9.17) is 4.42 Å². The number of carbonyl (C=O) groups is 2. The first-order chi connectivity index (χ1) is 13.7. The number of carbonyl (C=O) groups excluding carboxylic acids is 2. The predicted molar refractivity (Wildman–Crippen MR) is 109 cm³/mol. The predicted octanol–water partition coefficient (Wildman–Crippen LogP) is 2.72. The van der Waals surface area contributed by atoms with Crippen molar-refractivity contribution in [2.75, 3.05) is 23.7 Å². The number of halogens is 1. The second-order valence-electron chi connectivity index (χ2n) is 6.53. The van der Waals surface area contributed by atoms with Gasteiger partial charge in [-0.3, -0.25) is 9.59 Å². The van der Waals surface area contributed by atoms with Crippen LogP contribution in [-0.4, -0.2) is 39.9 Å². The summed E-state index contributed by atoms with van der Waals surface area (Å²) in [6.45, 7) is 1.88. The van der Waals surface area contributed by atoms with Gasteiger partial charge in [0.05, 0.1) is 18.5 Å². The van der Waals surface area contributed by atoms with Crippen LogP contribution in [0.3, 0.4) is 0 Å². The third-order valence-corrected chi connectivity index (χ3v) is 4.57. The highest BCUT2D eigenvalue weighted by molar-refractivity contribution is 6.04. The van der Waals surface area contributed by atoms with E-state index < -0.39 is 0 Å². The number of hydrogen-bond donors (Lipinski definition) is 3. The van der Waals surface area contributed by atoms with Crippen LogP contribution in [0, 0.1) is 0 Å².